The number of aromatic nitrogens is 2. The third kappa shape index (κ3) is 3.38. The molecule has 0 aromatic carbocycles. The molecule has 4 N–H and O–H groups in total. The van der Waals surface area contributed by atoms with Gasteiger partial charge >= 0.3 is 0 Å². The highest BCUT2D eigenvalue weighted by atomic mass is 32.2. The summed E-state index contributed by atoms with van der Waals surface area (Å²) < 4.78 is 27.6. The van der Waals surface area contributed by atoms with E-state index < -0.39 is 10.0 Å². The Kier molecular flexibility index (Phi) is 4.79. The van der Waals surface area contributed by atoms with Gasteiger partial charge in [-0.05, 0) is 39.8 Å². The number of nitrogens with one attached hydrogen (secondary N) is 2. The van der Waals surface area contributed by atoms with E-state index in [9.17, 15) is 8.42 Å². The number of nitrogens with zero attached hydrogens (tertiary/aromatic N) is 2. The minimum absolute atomic E-state index is 0.0983. The summed E-state index contributed by atoms with van der Waals surface area (Å²) in [6.45, 7) is 6.49. The number of hydrogen-bond donors (Lipinski definition) is 3. The van der Waals surface area contributed by atoms with Gasteiger partial charge in [-0.15, -0.1) is 0 Å². The van der Waals surface area contributed by atoms with E-state index in [4.69, 9.17) is 5.73 Å². The van der Waals surface area contributed by atoms with Gasteiger partial charge in [0.1, 0.15) is 4.90 Å². The van der Waals surface area contributed by atoms with Gasteiger partial charge in [0.05, 0.1) is 11.4 Å². The van der Waals surface area contributed by atoms with Crippen LogP contribution in [0.3, 0.4) is 0 Å². The van der Waals surface area contributed by atoms with E-state index in [1.54, 1.807) is 6.92 Å². The smallest absolute Gasteiger partial charge is 0.244 e. The second-order valence-corrected chi connectivity index (χ2v) is 7.01. The number of sulfonamides is 1. The zero-order valence-corrected chi connectivity index (χ0v) is 12.8. The molecule has 0 spiro atoms. The second-order valence-electron chi connectivity index (χ2n) is 5.36. The second kappa shape index (κ2) is 6.21. The number of aromatic amines is 1. The lowest BCUT2D eigenvalue weighted by Crippen LogP contribution is -2.41. The first kappa shape index (κ1) is 15.4. The van der Waals surface area contributed by atoms with Crippen LogP contribution >= 0.6 is 0 Å². The molecule has 1 aliphatic rings. The molecule has 0 radical (unpaired) electrons. The van der Waals surface area contributed by atoms with Crippen LogP contribution < -0.4 is 10.5 Å². The van der Waals surface area contributed by atoms with E-state index in [2.05, 4.69) is 19.8 Å². The van der Waals surface area contributed by atoms with Crippen molar-refractivity contribution in [1.29, 1.82) is 0 Å². The summed E-state index contributed by atoms with van der Waals surface area (Å²) in [5.74, 6) is 0. The number of likely N-dealkylation sites (tertiary alicyclic amines) is 1. The zero-order chi connectivity index (χ0) is 14.8. The summed E-state index contributed by atoms with van der Waals surface area (Å²) in [7, 11) is -3.58. The van der Waals surface area contributed by atoms with Crippen LogP contribution in [-0.4, -0.2) is 49.2 Å². The summed E-state index contributed by atoms with van der Waals surface area (Å²) in [6.07, 6.45) is 2.38. The first-order valence-corrected chi connectivity index (χ1v) is 8.41. The van der Waals surface area contributed by atoms with Crippen LogP contribution in [0.25, 0.3) is 0 Å². The molecule has 2 rings (SSSR count). The fourth-order valence-electron chi connectivity index (χ4n) is 2.68. The van der Waals surface area contributed by atoms with Crippen LogP contribution in [0, 0.1) is 6.92 Å². The quantitative estimate of drug-likeness (QED) is 0.683. The first-order valence-electron chi connectivity index (χ1n) is 6.92. The monoisotopic (exact) mass is 301 g/mol. The number of aryl methyl sites for hydroxylation is 1. The van der Waals surface area contributed by atoms with Crippen LogP contribution in [-0.2, 0) is 16.6 Å². The van der Waals surface area contributed by atoms with E-state index in [-0.39, 0.29) is 17.5 Å². The van der Waals surface area contributed by atoms with Gasteiger partial charge in [0.15, 0.2) is 0 Å². The standard InChI is InChI=1S/C12H23N5O2S/c1-9(8-17-5-3-4-6-17)16-20(18,19)12-10(2)14-15-11(12)7-13/h9,16H,3-8,13H2,1-2H3,(H,14,15). The summed E-state index contributed by atoms with van der Waals surface area (Å²) in [6, 6.07) is -0.141. The average molecular weight is 301 g/mol. The maximum Gasteiger partial charge on any atom is 0.244 e. The van der Waals surface area contributed by atoms with Crippen LogP contribution in [0.2, 0.25) is 0 Å². The SMILES string of the molecule is Cc1[nH]nc(CN)c1S(=O)(=O)NC(C)CN1CCCC1. The zero-order valence-electron chi connectivity index (χ0n) is 12.0. The highest BCUT2D eigenvalue weighted by Crippen LogP contribution is 2.17. The van der Waals surface area contributed by atoms with E-state index in [1.807, 2.05) is 6.92 Å². The fourth-order valence-corrected chi connectivity index (χ4v) is 4.29. The predicted octanol–water partition coefficient (Wildman–Crippen LogP) is -0.0606. The fraction of sp³-hybridized carbons (Fsp3) is 0.750. The summed E-state index contributed by atoms with van der Waals surface area (Å²) >= 11 is 0. The number of rotatable bonds is 6. The minimum Gasteiger partial charge on any atom is -0.325 e. The Bertz CT molecular complexity index is 548. The lowest BCUT2D eigenvalue weighted by Gasteiger charge is -2.21. The van der Waals surface area contributed by atoms with Crippen molar-refractivity contribution in [1.82, 2.24) is 19.8 Å². The van der Waals surface area contributed by atoms with Crippen molar-refractivity contribution in [3.8, 4) is 0 Å². The minimum atomic E-state index is -3.58. The number of nitrogens with two attached hydrogens (primary N) is 1. The lowest BCUT2D eigenvalue weighted by molar-refractivity contribution is 0.312. The van der Waals surface area contributed by atoms with Gasteiger partial charge in [-0.2, -0.15) is 5.10 Å². The van der Waals surface area contributed by atoms with Crippen molar-refractivity contribution in [3.63, 3.8) is 0 Å². The van der Waals surface area contributed by atoms with Crippen molar-refractivity contribution in [2.75, 3.05) is 19.6 Å². The summed E-state index contributed by atoms with van der Waals surface area (Å²) in [4.78, 5) is 2.47. The summed E-state index contributed by atoms with van der Waals surface area (Å²) in [5, 5.41) is 6.61. The van der Waals surface area contributed by atoms with Crippen LogP contribution in [0.5, 0.6) is 0 Å². The van der Waals surface area contributed by atoms with E-state index in [0.717, 1.165) is 19.6 Å². The molecule has 1 aromatic heterocycles. The Labute approximate surface area is 120 Å². The van der Waals surface area contributed by atoms with Gasteiger partial charge in [-0.3, -0.25) is 5.10 Å². The third-order valence-electron chi connectivity index (χ3n) is 3.51. The molecule has 20 heavy (non-hydrogen) atoms. The van der Waals surface area contributed by atoms with Crippen LogP contribution in [0.15, 0.2) is 4.90 Å². The van der Waals surface area contributed by atoms with Gasteiger partial charge in [-0.25, -0.2) is 13.1 Å². The average Bonchev–Trinajstić information content (AvgIpc) is 2.97. The molecule has 0 saturated carbocycles. The van der Waals surface area contributed by atoms with Gasteiger partial charge in [0.25, 0.3) is 0 Å². The molecule has 7 nitrogen and oxygen atoms in total. The molecule has 2 heterocycles. The maximum atomic E-state index is 12.4. The number of H-pyrrole nitrogens is 1. The van der Waals surface area contributed by atoms with Crippen molar-refractivity contribution in [2.45, 2.75) is 44.2 Å². The van der Waals surface area contributed by atoms with Gasteiger partial charge in [-0.1, -0.05) is 0 Å². The van der Waals surface area contributed by atoms with E-state index in [0.29, 0.717) is 11.4 Å². The molecular formula is C12H23N5O2S. The van der Waals surface area contributed by atoms with Crippen molar-refractivity contribution in [3.05, 3.63) is 11.4 Å². The Morgan fingerprint density at radius 1 is 1.45 bits per heavy atom. The van der Waals surface area contributed by atoms with Gasteiger partial charge < -0.3 is 10.6 Å². The lowest BCUT2D eigenvalue weighted by atomic mass is 10.3. The topological polar surface area (TPSA) is 104 Å². The Morgan fingerprint density at radius 3 is 2.70 bits per heavy atom. The molecule has 1 atom stereocenters. The van der Waals surface area contributed by atoms with Crippen LogP contribution in [0.4, 0.5) is 0 Å². The van der Waals surface area contributed by atoms with Crippen LogP contribution in [0.1, 0.15) is 31.2 Å². The molecule has 1 aromatic rings. The van der Waals surface area contributed by atoms with Gasteiger partial charge in [0.2, 0.25) is 10.0 Å². The molecule has 114 valence electrons. The highest BCUT2D eigenvalue weighted by Gasteiger charge is 2.26. The number of hydrogen-bond acceptors (Lipinski definition) is 5. The molecule has 1 unspecified atom stereocenters. The van der Waals surface area contributed by atoms with E-state index in [1.165, 1.54) is 12.8 Å². The molecule has 0 aliphatic carbocycles. The van der Waals surface area contributed by atoms with Crippen molar-refractivity contribution >= 4 is 10.0 Å². The normalized spacial score (nSPS) is 18.6. The Morgan fingerprint density at radius 2 is 2.10 bits per heavy atom. The van der Waals surface area contributed by atoms with Crippen molar-refractivity contribution in [2.24, 2.45) is 5.73 Å². The largest absolute Gasteiger partial charge is 0.325 e. The highest BCUT2D eigenvalue weighted by molar-refractivity contribution is 7.89. The molecule has 1 aliphatic heterocycles. The third-order valence-corrected chi connectivity index (χ3v) is 5.30. The van der Waals surface area contributed by atoms with E-state index >= 15 is 0 Å². The Hall–Kier alpha value is -0.960. The molecule has 1 saturated heterocycles. The molecule has 1 fully saturated rings. The molecule has 8 heteroatoms. The summed E-state index contributed by atoms with van der Waals surface area (Å²) in [5.41, 5.74) is 6.44. The molecule has 0 bridgehead atoms. The maximum absolute atomic E-state index is 12.4. The van der Waals surface area contributed by atoms with Crippen molar-refractivity contribution < 1.29 is 8.42 Å². The Balaban J connectivity index is 2.08. The first-order chi connectivity index (χ1) is 9.44. The van der Waals surface area contributed by atoms with Gasteiger partial charge in [0, 0.05) is 19.1 Å². The predicted molar refractivity (Wildman–Crippen MR) is 76.7 cm³/mol. The molecule has 0 amide bonds. The molecular weight excluding hydrogens is 278 g/mol.